The number of aryl methyl sites for hydroxylation is 1. The lowest BCUT2D eigenvalue weighted by Crippen LogP contribution is -2.33. The average Bonchev–Trinajstić information content (AvgIpc) is 3.00. The molecule has 1 N–H and O–H groups in total. The standard InChI is InChI=1S/C17H20N2O3/c20-12-11-19(13-15-5-2-1-3-6-15)17(22)8-10-18-9-4-7-16(18)14-21/h1-7,9,14,20H,8,10-13H2. The van der Waals surface area contributed by atoms with Crippen LogP contribution in [0.25, 0.3) is 0 Å². The molecule has 0 aliphatic carbocycles. The summed E-state index contributed by atoms with van der Waals surface area (Å²) in [4.78, 5) is 24.8. The minimum absolute atomic E-state index is 0.0385. The molecule has 116 valence electrons. The maximum Gasteiger partial charge on any atom is 0.224 e. The lowest BCUT2D eigenvalue weighted by molar-refractivity contribution is -0.132. The van der Waals surface area contributed by atoms with Gasteiger partial charge in [-0.1, -0.05) is 30.3 Å². The molecule has 1 heterocycles. The van der Waals surface area contributed by atoms with Crippen molar-refractivity contribution in [2.75, 3.05) is 13.2 Å². The maximum absolute atomic E-state index is 12.3. The minimum atomic E-state index is -0.0678. The summed E-state index contributed by atoms with van der Waals surface area (Å²) in [5.41, 5.74) is 1.59. The first-order valence-corrected chi connectivity index (χ1v) is 7.27. The van der Waals surface area contributed by atoms with Crippen LogP contribution in [0.2, 0.25) is 0 Å². The Bertz CT molecular complexity index is 607. The molecule has 2 rings (SSSR count). The number of hydrogen-bond acceptors (Lipinski definition) is 3. The van der Waals surface area contributed by atoms with Gasteiger partial charge in [0.1, 0.15) is 0 Å². The van der Waals surface area contributed by atoms with Crippen molar-refractivity contribution >= 4 is 12.2 Å². The first kappa shape index (κ1) is 16.0. The number of carbonyl (C=O) groups excluding carboxylic acids is 2. The summed E-state index contributed by atoms with van der Waals surface area (Å²) in [5.74, 6) is -0.0385. The summed E-state index contributed by atoms with van der Waals surface area (Å²) in [6.07, 6.45) is 2.85. The molecule has 0 aliphatic heterocycles. The Morgan fingerprint density at radius 3 is 2.64 bits per heavy atom. The van der Waals surface area contributed by atoms with Gasteiger partial charge in [0.2, 0.25) is 5.91 Å². The van der Waals surface area contributed by atoms with Gasteiger partial charge in [-0.25, -0.2) is 0 Å². The number of benzene rings is 1. The summed E-state index contributed by atoms with van der Waals surface area (Å²) >= 11 is 0. The van der Waals surface area contributed by atoms with E-state index >= 15 is 0 Å². The minimum Gasteiger partial charge on any atom is -0.395 e. The third-order valence-electron chi connectivity index (χ3n) is 3.49. The highest BCUT2D eigenvalue weighted by Gasteiger charge is 2.14. The Labute approximate surface area is 129 Å². The number of amides is 1. The van der Waals surface area contributed by atoms with Crippen LogP contribution in [0.3, 0.4) is 0 Å². The van der Waals surface area contributed by atoms with Gasteiger partial charge < -0.3 is 14.6 Å². The second kappa shape index (κ2) is 8.14. The number of nitrogens with zero attached hydrogens (tertiary/aromatic N) is 2. The zero-order valence-corrected chi connectivity index (χ0v) is 12.4. The SMILES string of the molecule is O=Cc1cccn1CCC(=O)N(CCO)Cc1ccccc1. The predicted octanol–water partition coefficient (Wildman–Crippen LogP) is 1.71. The van der Waals surface area contributed by atoms with Crippen molar-refractivity contribution in [1.82, 2.24) is 9.47 Å². The first-order valence-electron chi connectivity index (χ1n) is 7.27. The van der Waals surface area contributed by atoms with E-state index in [4.69, 9.17) is 5.11 Å². The van der Waals surface area contributed by atoms with Gasteiger partial charge >= 0.3 is 0 Å². The fourth-order valence-corrected chi connectivity index (χ4v) is 2.33. The van der Waals surface area contributed by atoms with Crippen LogP contribution >= 0.6 is 0 Å². The van der Waals surface area contributed by atoms with E-state index in [0.29, 0.717) is 31.7 Å². The van der Waals surface area contributed by atoms with Crippen LogP contribution in [0.1, 0.15) is 22.5 Å². The number of hydrogen-bond donors (Lipinski definition) is 1. The normalized spacial score (nSPS) is 10.4. The Morgan fingerprint density at radius 2 is 1.95 bits per heavy atom. The predicted molar refractivity (Wildman–Crippen MR) is 83.4 cm³/mol. The third-order valence-corrected chi connectivity index (χ3v) is 3.49. The number of rotatable bonds is 8. The highest BCUT2D eigenvalue weighted by Crippen LogP contribution is 2.08. The summed E-state index contributed by atoms with van der Waals surface area (Å²) in [5, 5.41) is 9.15. The van der Waals surface area contributed by atoms with Gasteiger partial charge in [-0.3, -0.25) is 9.59 Å². The van der Waals surface area contributed by atoms with Crippen LogP contribution < -0.4 is 0 Å². The van der Waals surface area contributed by atoms with Crippen molar-refractivity contribution in [3.8, 4) is 0 Å². The third kappa shape index (κ3) is 4.30. The lowest BCUT2D eigenvalue weighted by Gasteiger charge is -2.22. The first-order chi connectivity index (χ1) is 10.7. The molecule has 0 spiro atoms. The van der Waals surface area contributed by atoms with E-state index in [-0.39, 0.29) is 12.5 Å². The van der Waals surface area contributed by atoms with Crippen molar-refractivity contribution in [3.63, 3.8) is 0 Å². The van der Waals surface area contributed by atoms with Crippen molar-refractivity contribution in [1.29, 1.82) is 0 Å². The fourth-order valence-electron chi connectivity index (χ4n) is 2.33. The molecule has 0 unspecified atom stereocenters. The number of carbonyl (C=O) groups is 2. The number of aliphatic hydroxyl groups excluding tert-OH is 1. The largest absolute Gasteiger partial charge is 0.395 e. The molecule has 22 heavy (non-hydrogen) atoms. The smallest absolute Gasteiger partial charge is 0.224 e. The van der Waals surface area contributed by atoms with Gasteiger partial charge in [-0.2, -0.15) is 0 Å². The molecule has 0 radical (unpaired) electrons. The van der Waals surface area contributed by atoms with E-state index in [1.54, 1.807) is 27.8 Å². The van der Waals surface area contributed by atoms with Crippen LogP contribution in [-0.4, -0.2) is 39.9 Å². The average molecular weight is 300 g/mol. The van der Waals surface area contributed by atoms with E-state index in [1.807, 2.05) is 30.3 Å². The molecule has 5 heteroatoms. The quantitative estimate of drug-likeness (QED) is 0.755. The molecule has 0 aliphatic rings. The molecule has 0 saturated heterocycles. The van der Waals surface area contributed by atoms with Gasteiger partial charge in [0.05, 0.1) is 12.3 Å². The Hall–Kier alpha value is -2.40. The van der Waals surface area contributed by atoms with Gasteiger partial charge in [0.25, 0.3) is 0 Å². The summed E-state index contributed by atoms with van der Waals surface area (Å²) in [6.45, 7) is 1.17. The summed E-state index contributed by atoms with van der Waals surface area (Å²) in [6, 6.07) is 13.2. The molecule has 0 fully saturated rings. The zero-order chi connectivity index (χ0) is 15.8. The van der Waals surface area contributed by atoms with E-state index in [9.17, 15) is 9.59 Å². The summed E-state index contributed by atoms with van der Waals surface area (Å²) < 4.78 is 1.75. The highest BCUT2D eigenvalue weighted by molar-refractivity contribution is 5.76. The topological polar surface area (TPSA) is 62.5 Å². The fraction of sp³-hybridized carbons (Fsp3) is 0.294. The molecule has 1 amide bonds. The lowest BCUT2D eigenvalue weighted by atomic mass is 10.2. The van der Waals surface area contributed by atoms with E-state index in [1.165, 1.54) is 0 Å². The van der Waals surface area contributed by atoms with E-state index < -0.39 is 0 Å². The molecule has 1 aromatic carbocycles. The monoisotopic (exact) mass is 300 g/mol. The van der Waals surface area contributed by atoms with Crippen LogP contribution in [0.4, 0.5) is 0 Å². The van der Waals surface area contributed by atoms with Crippen LogP contribution in [0.5, 0.6) is 0 Å². The second-order valence-corrected chi connectivity index (χ2v) is 5.02. The number of aliphatic hydroxyl groups is 1. The van der Waals surface area contributed by atoms with E-state index in [2.05, 4.69) is 0 Å². The number of aldehydes is 1. The van der Waals surface area contributed by atoms with Crippen molar-refractivity contribution in [3.05, 3.63) is 59.9 Å². The highest BCUT2D eigenvalue weighted by atomic mass is 16.3. The molecule has 0 bridgehead atoms. The van der Waals surface area contributed by atoms with Crippen LogP contribution in [0, 0.1) is 0 Å². The molecular formula is C17H20N2O3. The van der Waals surface area contributed by atoms with Crippen LogP contribution in [-0.2, 0) is 17.9 Å². The second-order valence-electron chi connectivity index (χ2n) is 5.02. The summed E-state index contributed by atoms with van der Waals surface area (Å²) in [7, 11) is 0. The Morgan fingerprint density at radius 1 is 1.18 bits per heavy atom. The molecule has 5 nitrogen and oxygen atoms in total. The van der Waals surface area contributed by atoms with Gasteiger partial charge in [0.15, 0.2) is 6.29 Å². The Kier molecular flexibility index (Phi) is 5.91. The zero-order valence-electron chi connectivity index (χ0n) is 12.4. The molecule has 1 aromatic heterocycles. The van der Waals surface area contributed by atoms with Crippen molar-refractivity contribution in [2.24, 2.45) is 0 Å². The van der Waals surface area contributed by atoms with Crippen LogP contribution in [0.15, 0.2) is 48.7 Å². The molecular weight excluding hydrogens is 280 g/mol. The molecule has 0 atom stereocenters. The molecule has 2 aromatic rings. The Balaban J connectivity index is 1.96. The maximum atomic E-state index is 12.3. The van der Waals surface area contributed by atoms with Crippen molar-refractivity contribution in [2.45, 2.75) is 19.5 Å². The van der Waals surface area contributed by atoms with Crippen molar-refractivity contribution < 1.29 is 14.7 Å². The van der Waals surface area contributed by atoms with Gasteiger partial charge in [-0.05, 0) is 17.7 Å². The van der Waals surface area contributed by atoms with Gasteiger partial charge in [-0.15, -0.1) is 0 Å². The number of aromatic nitrogens is 1. The van der Waals surface area contributed by atoms with E-state index in [0.717, 1.165) is 11.8 Å². The van der Waals surface area contributed by atoms with Gasteiger partial charge in [0, 0.05) is 32.3 Å². The molecule has 0 saturated carbocycles.